The van der Waals surface area contributed by atoms with Crippen LogP contribution in [-0.4, -0.2) is 0 Å². The monoisotopic (exact) mass is 220 g/mol. The molecule has 0 aliphatic carbocycles. The van der Waals surface area contributed by atoms with Gasteiger partial charge in [0.05, 0.1) is 0 Å². The second kappa shape index (κ2) is 9.21. The molecule has 0 heteroatoms. The van der Waals surface area contributed by atoms with Crippen LogP contribution in [0.15, 0.2) is 36.9 Å². The van der Waals surface area contributed by atoms with Crippen LogP contribution in [0.1, 0.15) is 52.7 Å². The normalized spacial score (nSPS) is 9.19. The molecule has 0 aliphatic heterocycles. The lowest BCUT2D eigenvalue weighted by Gasteiger charge is -2.18. The van der Waals surface area contributed by atoms with Gasteiger partial charge in [0.2, 0.25) is 0 Å². The number of aryl methyl sites for hydroxylation is 1. The predicted octanol–water partition coefficient (Wildman–Crippen LogP) is 5.51. The summed E-state index contributed by atoms with van der Waals surface area (Å²) in [5.41, 5.74) is 3.02. The molecule has 0 aliphatic rings. The maximum Gasteiger partial charge on any atom is -0.0132 e. The molecule has 1 aromatic rings. The van der Waals surface area contributed by atoms with Gasteiger partial charge in [-0.3, -0.25) is 0 Å². The maximum atomic E-state index is 3.36. The van der Waals surface area contributed by atoms with Crippen molar-refractivity contribution in [2.45, 2.75) is 53.9 Å². The SMILES string of the molecule is C=CC.CC.Cc1ccc(C(C)(C)C)cc1. The molecule has 1 rings (SSSR count). The molecule has 0 amide bonds. The molecule has 0 atom stereocenters. The van der Waals surface area contributed by atoms with E-state index in [1.807, 2.05) is 20.8 Å². The number of benzene rings is 1. The molecule has 1 aromatic carbocycles. The van der Waals surface area contributed by atoms with E-state index in [0.29, 0.717) is 0 Å². The lowest BCUT2D eigenvalue weighted by Crippen LogP contribution is -2.10. The summed E-state index contributed by atoms with van der Waals surface area (Å²) in [5, 5.41) is 0. The van der Waals surface area contributed by atoms with E-state index in [0.717, 1.165) is 0 Å². The van der Waals surface area contributed by atoms with Crippen LogP contribution >= 0.6 is 0 Å². The third kappa shape index (κ3) is 8.28. The zero-order chi connectivity index (χ0) is 13.2. The average molecular weight is 220 g/mol. The summed E-state index contributed by atoms with van der Waals surface area (Å²) in [6.45, 7) is 18.1. The summed E-state index contributed by atoms with van der Waals surface area (Å²) in [7, 11) is 0. The minimum absolute atomic E-state index is 0.285. The van der Waals surface area contributed by atoms with Gasteiger partial charge in [-0.15, -0.1) is 6.58 Å². The first-order chi connectivity index (χ1) is 7.41. The lowest BCUT2D eigenvalue weighted by atomic mass is 9.87. The summed E-state index contributed by atoms with van der Waals surface area (Å²) >= 11 is 0. The van der Waals surface area contributed by atoms with E-state index in [2.05, 4.69) is 58.5 Å². The number of hydrogen-bond acceptors (Lipinski definition) is 0. The Balaban J connectivity index is 0. The Bertz CT molecular complexity index is 259. The Labute approximate surface area is 102 Å². The summed E-state index contributed by atoms with van der Waals surface area (Å²) in [6, 6.07) is 8.74. The van der Waals surface area contributed by atoms with E-state index >= 15 is 0 Å². The van der Waals surface area contributed by atoms with Crippen molar-refractivity contribution in [1.82, 2.24) is 0 Å². The molecular formula is C16H28. The first-order valence-electron chi connectivity index (χ1n) is 6.06. The maximum absolute atomic E-state index is 3.36. The fraction of sp³-hybridized carbons (Fsp3) is 0.500. The fourth-order valence-corrected chi connectivity index (χ4v) is 1.05. The van der Waals surface area contributed by atoms with Gasteiger partial charge in [-0.05, 0) is 24.8 Å². The van der Waals surface area contributed by atoms with E-state index in [-0.39, 0.29) is 5.41 Å². The Morgan fingerprint density at radius 2 is 1.31 bits per heavy atom. The van der Waals surface area contributed by atoms with E-state index in [9.17, 15) is 0 Å². The first-order valence-corrected chi connectivity index (χ1v) is 6.06. The van der Waals surface area contributed by atoms with Gasteiger partial charge in [-0.25, -0.2) is 0 Å². The van der Waals surface area contributed by atoms with Crippen LogP contribution < -0.4 is 0 Å². The van der Waals surface area contributed by atoms with Crippen molar-refractivity contribution in [2.75, 3.05) is 0 Å². The number of rotatable bonds is 0. The molecule has 0 unspecified atom stereocenters. The molecular weight excluding hydrogens is 192 g/mol. The van der Waals surface area contributed by atoms with Crippen molar-refractivity contribution in [1.29, 1.82) is 0 Å². The van der Waals surface area contributed by atoms with Crippen molar-refractivity contribution in [3.63, 3.8) is 0 Å². The third-order valence-electron chi connectivity index (χ3n) is 1.92. The highest BCUT2D eigenvalue weighted by Crippen LogP contribution is 2.21. The van der Waals surface area contributed by atoms with Gasteiger partial charge in [-0.2, -0.15) is 0 Å². The summed E-state index contributed by atoms with van der Waals surface area (Å²) in [6.07, 6.45) is 1.75. The predicted molar refractivity (Wildman–Crippen MR) is 77.1 cm³/mol. The van der Waals surface area contributed by atoms with Crippen molar-refractivity contribution < 1.29 is 0 Å². The van der Waals surface area contributed by atoms with Gasteiger partial charge in [0.1, 0.15) is 0 Å². The zero-order valence-corrected chi connectivity index (χ0v) is 12.1. The Morgan fingerprint density at radius 3 is 1.56 bits per heavy atom. The average Bonchev–Trinajstić information content (AvgIpc) is 2.21. The summed E-state index contributed by atoms with van der Waals surface area (Å²) < 4.78 is 0. The van der Waals surface area contributed by atoms with Gasteiger partial charge in [0.25, 0.3) is 0 Å². The molecule has 0 radical (unpaired) electrons. The molecule has 92 valence electrons. The van der Waals surface area contributed by atoms with Crippen LogP contribution in [-0.2, 0) is 5.41 Å². The van der Waals surface area contributed by atoms with E-state index in [1.165, 1.54) is 11.1 Å². The van der Waals surface area contributed by atoms with Gasteiger partial charge in [0.15, 0.2) is 0 Å². The molecule has 0 fully saturated rings. The number of hydrogen-bond donors (Lipinski definition) is 0. The highest BCUT2D eigenvalue weighted by atomic mass is 14.2. The minimum Gasteiger partial charge on any atom is -0.103 e. The van der Waals surface area contributed by atoms with Crippen LogP contribution in [0.4, 0.5) is 0 Å². The second-order valence-corrected chi connectivity index (χ2v) is 4.52. The minimum atomic E-state index is 0.285. The third-order valence-corrected chi connectivity index (χ3v) is 1.92. The summed E-state index contributed by atoms with van der Waals surface area (Å²) in [4.78, 5) is 0. The quantitative estimate of drug-likeness (QED) is 0.506. The lowest BCUT2D eigenvalue weighted by molar-refractivity contribution is 0.590. The van der Waals surface area contributed by atoms with Crippen LogP contribution in [0.3, 0.4) is 0 Å². The molecule has 0 N–H and O–H groups in total. The van der Waals surface area contributed by atoms with Crippen LogP contribution in [0.25, 0.3) is 0 Å². The highest BCUT2D eigenvalue weighted by Gasteiger charge is 2.11. The Kier molecular flexibility index (Phi) is 9.99. The highest BCUT2D eigenvalue weighted by molar-refractivity contribution is 5.26. The number of allylic oxidation sites excluding steroid dienone is 1. The molecule has 0 saturated carbocycles. The van der Waals surface area contributed by atoms with Gasteiger partial charge < -0.3 is 0 Å². The molecule has 0 saturated heterocycles. The molecule has 0 bridgehead atoms. The van der Waals surface area contributed by atoms with Gasteiger partial charge >= 0.3 is 0 Å². The van der Waals surface area contributed by atoms with Crippen LogP contribution in [0, 0.1) is 6.92 Å². The Hall–Kier alpha value is -1.04. The smallest absolute Gasteiger partial charge is 0.0132 e. The first kappa shape index (κ1) is 17.4. The second-order valence-electron chi connectivity index (χ2n) is 4.52. The van der Waals surface area contributed by atoms with Crippen molar-refractivity contribution in [2.24, 2.45) is 0 Å². The van der Waals surface area contributed by atoms with Crippen molar-refractivity contribution in [3.8, 4) is 0 Å². The van der Waals surface area contributed by atoms with Crippen molar-refractivity contribution in [3.05, 3.63) is 48.0 Å². The van der Waals surface area contributed by atoms with E-state index in [4.69, 9.17) is 0 Å². The molecule has 0 aromatic heterocycles. The van der Waals surface area contributed by atoms with Gasteiger partial charge in [-0.1, -0.05) is 70.5 Å². The molecule has 0 spiro atoms. The topological polar surface area (TPSA) is 0 Å². The van der Waals surface area contributed by atoms with E-state index < -0.39 is 0 Å². The zero-order valence-electron chi connectivity index (χ0n) is 12.1. The Morgan fingerprint density at radius 1 is 1.00 bits per heavy atom. The van der Waals surface area contributed by atoms with Crippen LogP contribution in [0.5, 0.6) is 0 Å². The molecule has 0 nitrogen and oxygen atoms in total. The molecule has 16 heavy (non-hydrogen) atoms. The van der Waals surface area contributed by atoms with Crippen molar-refractivity contribution >= 4 is 0 Å². The largest absolute Gasteiger partial charge is 0.103 e. The van der Waals surface area contributed by atoms with E-state index in [1.54, 1.807) is 6.08 Å². The fourth-order valence-electron chi connectivity index (χ4n) is 1.05. The molecule has 0 heterocycles. The standard InChI is InChI=1S/C11H16.C3H6.C2H6/c1-9-5-7-10(8-6-9)11(2,3)4;1-3-2;1-2/h5-8H,1-4H3;3H,1H2,2H3;1-2H3. The summed E-state index contributed by atoms with van der Waals surface area (Å²) in [5.74, 6) is 0. The van der Waals surface area contributed by atoms with Gasteiger partial charge in [0, 0.05) is 0 Å². The van der Waals surface area contributed by atoms with Crippen LogP contribution in [0.2, 0.25) is 0 Å².